The highest BCUT2D eigenvalue weighted by molar-refractivity contribution is 5.90. The second-order valence-electron chi connectivity index (χ2n) is 8.28. The van der Waals surface area contributed by atoms with Crippen molar-refractivity contribution in [3.05, 3.63) is 36.5 Å². The fourth-order valence-electron chi connectivity index (χ4n) is 2.95. The molecule has 158 valence electrons. The van der Waals surface area contributed by atoms with Crippen LogP contribution >= 0.6 is 0 Å². The lowest BCUT2D eigenvalue weighted by Crippen LogP contribution is -2.23. The molecule has 4 heteroatoms. The minimum atomic E-state index is -0.744. The van der Waals surface area contributed by atoms with Crippen molar-refractivity contribution in [1.82, 2.24) is 0 Å². The van der Waals surface area contributed by atoms with Crippen molar-refractivity contribution in [3.8, 4) is 0 Å². The number of carbonyl (C=O) groups excluding carboxylic acids is 1. The molecule has 0 saturated carbocycles. The van der Waals surface area contributed by atoms with Crippen molar-refractivity contribution in [2.45, 2.75) is 97.2 Å². The van der Waals surface area contributed by atoms with Crippen LogP contribution in [-0.2, 0) is 14.3 Å². The van der Waals surface area contributed by atoms with Gasteiger partial charge in [0.1, 0.15) is 6.10 Å². The molecule has 1 saturated heterocycles. The highest BCUT2D eigenvalue weighted by Gasteiger charge is 2.36. The molecule has 0 amide bonds. The Morgan fingerprint density at radius 1 is 1.04 bits per heavy atom. The zero-order chi connectivity index (χ0) is 20.8. The van der Waals surface area contributed by atoms with Crippen LogP contribution in [-0.4, -0.2) is 29.1 Å². The van der Waals surface area contributed by atoms with Crippen LogP contribution in [0.2, 0.25) is 0 Å². The van der Waals surface area contributed by atoms with E-state index >= 15 is 0 Å². The van der Waals surface area contributed by atoms with E-state index in [1.807, 2.05) is 18.2 Å². The summed E-state index contributed by atoms with van der Waals surface area (Å²) in [5, 5.41) is 9.10. The summed E-state index contributed by atoms with van der Waals surface area (Å²) >= 11 is 0. The van der Waals surface area contributed by atoms with E-state index in [1.54, 1.807) is 19.9 Å². The van der Waals surface area contributed by atoms with Gasteiger partial charge in [0.05, 0.1) is 11.5 Å². The van der Waals surface area contributed by atoms with Crippen molar-refractivity contribution in [3.63, 3.8) is 0 Å². The number of allylic oxidation sites excluding steroid dienone is 5. The van der Waals surface area contributed by atoms with Crippen LogP contribution in [0.1, 0.15) is 85.0 Å². The molecule has 1 aliphatic rings. The van der Waals surface area contributed by atoms with Gasteiger partial charge < -0.3 is 9.84 Å². The number of rotatable bonds is 16. The summed E-state index contributed by atoms with van der Waals surface area (Å²) in [6.45, 7) is 5.73. The van der Waals surface area contributed by atoms with Gasteiger partial charge in [0.2, 0.25) is 0 Å². The Labute approximate surface area is 170 Å². The summed E-state index contributed by atoms with van der Waals surface area (Å²) in [6, 6.07) is 0. The van der Waals surface area contributed by atoms with Gasteiger partial charge in [-0.2, -0.15) is 0 Å². The maximum absolute atomic E-state index is 11.9. The first-order valence-corrected chi connectivity index (χ1v) is 10.8. The van der Waals surface area contributed by atoms with E-state index in [9.17, 15) is 9.59 Å². The van der Waals surface area contributed by atoms with Crippen LogP contribution in [0.4, 0.5) is 0 Å². The minimum Gasteiger partial charge on any atom is -0.481 e. The number of aliphatic carboxylic acids is 1. The average Bonchev–Trinajstić information content (AvgIpc) is 3.40. The number of ether oxygens (including phenoxy) is 1. The van der Waals surface area contributed by atoms with Crippen molar-refractivity contribution in [2.24, 2.45) is 5.41 Å². The average molecular weight is 391 g/mol. The monoisotopic (exact) mass is 390 g/mol. The first-order chi connectivity index (χ1) is 13.4. The summed E-state index contributed by atoms with van der Waals surface area (Å²) in [4.78, 5) is 22.9. The van der Waals surface area contributed by atoms with E-state index in [0.29, 0.717) is 12.8 Å². The SMILES string of the molecule is CCCCC/C=C\C/C=C\CC(=O)/C=C/C1OC1CCCCC(C)(C)C(=O)O. The smallest absolute Gasteiger partial charge is 0.309 e. The maximum Gasteiger partial charge on any atom is 0.309 e. The van der Waals surface area contributed by atoms with Gasteiger partial charge in [-0.15, -0.1) is 0 Å². The highest BCUT2D eigenvalue weighted by atomic mass is 16.6. The Hall–Kier alpha value is -1.68. The molecule has 28 heavy (non-hydrogen) atoms. The molecule has 2 atom stereocenters. The minimum absolute atomic E-state index is 0.0477. The zero-order valence-electron chi connectivity index (χ0n) is 17.9. The summed E-state index contributed by atoms with van der Waals surface area (Å²) < 4.78 is 5.56. The van der Waals surface area contributed by atoms with E-state index in [2.05, 4.69) is 19.1 Å². The van der Waals surface area contributed by atoms with Gasteiger partial charge >= 0.3 is 5.97 Å². The van der Waals surface area contributed by atoms with Crippen molar-refractivity contribution >= 4 is 11.8 Å². The molecule has 0 aromatic rings. The summed E-state index contributed by atoms with van der Waals surface area (Å²) in [6.07, 6.45) is 21.7. The predicted molar refractivity (Wildman–Crippen MR) is 114 cm³/mol. The van der Waals surface area contributed by atoms with Crippen LogP contribution < -0.4 is 0 Å². The summed E-state index contributed by atoms with van der Waals surface area (Å²) in [5.74, 6) is -0.646. The third-order valence-corrected chi connectivity index (χ3v) is 5.11. The zero-order valence-corrected chi connectivity index (χ0v) is 17.9. The van der Waals surface area contributed by atoms with Crippen LogP contribution in [0.3, 0.4) is 0 Å². The molecule has 0 bridgehead atoms. The number of epoxide rings is 1. The standard InChI is InChI=1S/C24H38O4/c1-4-5-6-7-8-9-10-11-12-15-20(25)17-18-22-21(28-22)16-13-14-19-24(2,3)23(26)27/h8-9,11-12,17-18,21-22H,4-7,10,13-16,19H2,1-3H3,(H,26,27)/b9-8-,12-11-,18-17+. The van der Waals surface area contributed by atoms with E-state index in [1.165, 1.54) is 19.3 Å². The van der Waals surface area contributed by atoms with Gasteiger partial charge in [-0.25, -0.2) is 0 Å². The second-order valence-corrected chi connectivity index (χ2v) is 8.28. The molecule has 2 unspecified atom stereocenters. The normalized spacial score (nSPS) is 19.8. The van der Waals surface area contributed by atoms with Crippen LogP contribution in [0, 0.1) is 5.41 Å². The lowest BCUT2D eigenvalue weighted by Gasteiger charge is -2.18. The summed E-state index contributed by atoms with van der Waals surface area (Å²) in [7, 11) is 0. The molecule has 1 heterocycles. The largest absolute Gasteiger partial charge is 0.481 e. The molecule has 1 N–H and O–H groups in total. The van der Waals surface area contributed by atoms with Crippen LogP contribution in [0.5, 0.6) is 0 Å². The Morgan fingerprint density at radius 2 is 1.79 bits per heavy atom. The van der Waals surface area contributed by atoms with Gasteiger partial charge in [0, 0.05) is 6.42 Å². The van der Waals surface area contributed by atoms with Gasteiger partial charge in [-0.3, -0.25) is 9.59 Å². The molecular formula is C24H38O4. The molecular weight excluding hydrogens is 352 g/mol. The van der Waals surface area contributed by atoms with Crippen molar-refractivity contribution < 1.29 is 19.4 Å². The Kier molecular flexibility index (Phi) is 11.7. The van der Waals surface area contributed by atoms with E-state index in [-0.39, 0.29) is 18.0 Å². The Bertz CT molecular complexity index is 557. The molecule has 0 aliphatic carbocycles. The molecule has 0 radical (unpaired) electrons. The number of hydrogen-bond acceptors (Lipinski definition) is 3. The van der Waals surface area contributed by atoms with Gasteiger partial charge in [-0.1, -0.05) is 56.9 Å². The topological polar surface area (TPSA) is 66.9 Å². The fraction of sp³-hybridized carbons (Fsp3) is 0.667. The second kappa shape index (κ2) is 13.5. The predicted octanol–water partition coefficient (Wildman–Crippen LogP) is 6.02. The number of carboxylic acid groups (broad SMARTS) is 1. The lowest BCUT2D eigenvalue weighted by molar-refractivity contribution is -0.147. The molecule has 1 rings (SSSR count). The Balaban J connectivity index is 2.07. The van der Waals surface area contributed by atoms with Gasteiger partial charge in [0.15, 0.2) is 5.78 Å². The number of hydrogen-bond donors (Lipinski definition) is 1. The van der Waals surface area contributed by atoms with Crippen LogP contribution in [0.25, 0.3) is 0 Å². The quantitative estimate of drug-likeness (QED) is 0.151. The van der Waals surface area contributed by atoms with Crippen LogP contribution in [0.15, 0.2) is 36.5 Å². The first-order valence-electron chi connectivity index (χ1n) is 10.8. The van der Waals surface area contributed by atoms with Gasteiger partial charge in [-0.05, 0) is 58.1 Å². The number of unbranched alkanes of at least 4 members (excludes halogenated alkanes) is 4. The Morgan fingerprint density at radius 3 is 2.50 bits per heavy atom. The van der Waals surface area contributed by atoms with E-state index < -0.39 is 11.4 Å². The number of ketones is 1. The molecule has 0 spiro atoms. The van der Waals surface area contributed by atoms with Crippen molar-refractivity contribution in [2.75, 3.05) is 0 Å². The van der Waals surface area contributed by atoms with Crippen molar-refractivity contribution in [1.29, 1.82) is 0 Å². The van der Waals surface area contributed by atoms with Gasteiger partial charge in [0.25, 0.3) is 0 Å². The fourth-order valence-corrected chi connectivity index (χ4v) is 2.95. The van der Waals surface area contributed by atoms with E-state index in [0.717, 1.165) is 32.1 Å². The highest BCUT2D eigenvalue weighted by Crippen LogP contribution is 2.30. The summed E-state index contributed by atoms with van der Waals surface area (Å²) in [5.41, 5.74) is -0.658. The third kappa shape index (κ3) is 11.2. The number of carboxylic acids is 1. The molecule has 1 aliphatic heterocycles. The maximum atomic E-state index is 11.9. The molecule has 0 aromatic carbocycles. The molecule has 4 nitrogen and oxygen atoms in total. The number of carbonyl (C=O) groups is 2. The molecule has 0 aromatic heterocycles. The molecule has 1 fully saturated rings. The lowest BCUT2D eigenvalue weighted by atomic mass is 9.87. The third-order valence-electron chi connectivity index (χ3n) is 5.11. The van der Waals surface area contributed by atoms with E-state index in [4.69, 9.17) is 9.84 Å². The first kappa shape index (κ1) is 24.4.